The van der Waals surface area contributed by atoms with Gasteiger partial charge in [0.2, 0.25) is 0 Å². The molecule has 2 heteroatoms. The van der Waals surface area contributed by atoms with Crippen molar-refractivity contribution in [2.75, 3.05) is 19.7 Å². The van der Waals surface area contributed by atoms with Gasteiger partial charge in [-0.2, -0.15) is 0 Å². The highest BCUT2D eigenvalue weighted by atomic mass is 16.5. The minimum atomic E-state index is 0.573. The van der Waals surface area contributed by atoms with Crippen LogP contribution in [0.5, 0.6) is 0 Å². The zero-order valence-electron chi connectivity index (χ0n) is 11.7. The van der Waals surface area contributed by atoms with E-state index in [2.05, 4.69) is 31.4 Å². The van der Waals surface area contributed by atoms with Gasteiger partial charge in [-0.15, -0.1) is 6.58 Å². The van der Waals surface area contributed by atoms with Gasteiger partial charge in [-0.1, -0.05) is 13.0 Å². The molecule has 1 fully saturated rings. The summed E-state index contributed by atoms with van der Waals surface area (Å²) in [6.07, 6.45) is 9.26. The van der Waals surface area contributed by atoms with Crippen LogP contribution >= 0.6 is 0 Å². The van der Waals surface area contributed by atoms with Crippen LogP contribution in [0.3, 0.4) is 0 Å². The van der Waals surface area contributed by atoms with Crippen molar-refractivity contribution in [3.8, 4) is 0 Å². The molecule has 2 aliphatic rings. The molecular formula is C16H25NO. The van der Waals surface area contributed by atoms with Crippen molar-refractivity contribution < 1.29 is 4.74 Å². The lowest BCUT2D eigenvalue weighted by Gasteiger charge is -2.24. The SMILES string of the molecule is C=CCN(CCC)C1=C2CCC[C@H]2C(OCC)=C1. The molecule has 0 aromatic heterocycles. The molecule has 100 valence electrons. The van der Waals surface area contributed by atoms with Crippen LogP contribution in [0.4, 0.5) is 0 Å². The molecular weight excluding hydrogens is 222 g/mol. The van der Waals surface area contributed by atoms with Crippen molar-refractivity contribution in [2.24, 2.45) is 5.92 Å². The molecule has 0 spiro atoms. The maximum absolute atomic E-state index is 5.82. The zero-order valence-corrected chi connectivity index (χ0v) is 11.7. The third-order valence-corrected chi connectivity index (χ3v) is 3.81. The third-order valence-electron chi connectivity index (χ3n) is 3.81. The smallest absolute Gasteiger partial charge is 0.105 e. The van der Waals surface area contributed by atoms with Gasteiger partial charge in [0.1, 0.15) is 5.76 Å². The summed E-state index contributed by atoms with van der Waals surface area (Å²) < 4.78 is 5.82. The number of hydrogen-bond donors (Lipinski definition) is 0. The third kappa shape index (κ3) is 2.47. The number of ether oxygens (including phenoxy) is 1. The van der Waals surface area contributed by atoms with Gasteiger partial charge < -0.3 is 9.64 Å². The maximum Gasteiger partial charge on any atom is 0.105 e. The van der Waals surface area contributed by atoms with E-state index in [1.165, 1.54) is 37.1 Å². The number of rotatable bonds is 7. The normalized spacial score (nSPS) is 21.9. The predicted octanol–water partition coefficient (Wildman–Crippen LogP) is 3.87. The molecule has 0 aliphatic heterocycles. The van der Waals surface area contributed by atoms with Gasteiger partial charge in [0.05, 0.1) is 6.61 Å². The first-order valence-corrected chi connectivity index (χ1v) is 7.25. The molecule has 0 amide bonds. The molecule has 1 saturated carbocycles. The van der Waals surface area contributed by atoms with E-state index in [1.54, 1.807) is 5.57 Å². The Morgan fingerprint density at radius 1 is 1.50 bits per heavy atom. The van der Waals surface area contributed by atoms with Crippen molar-refractivity contribution in [1.82, 2.24) is 4.90 Å². The molecule has 0 radical (unpaired) electrons. The van der Waals surface area contributed by atoms with E-state index in [1.807, 2.05) is 6.08 Å². The molecule has 1 atom stereocenters. The Balaban J connectivity index is 2.22. The summed E-state index contributed by atoms with van der Waals surface area (Å²) in [5.74, 6) is 1.77. The second kappa shape index (κ2) is 6.12. The summed E-state index contributed by atoms with van der Waals surface area (Å²) >= 11 is 0. The fourth-order valence-electron chi connectivity index (χ4n) is 3.13. The van der Waals surface area contributed by atoms with Crippen LogP contribution in [0.2, 0.25) is 0 Å². The van der Waals surface area contributed by atoms with Crippen LogP contribution in [-0.2, 0) is 4.74 Å². The van der Waals surface area contributed by atoms with Gasteiger partial charge in [0.25, 0.3) is 0 Å². The molecule has 0 aromatic rings. The lowest BCUT2D eigenvalue weighted by atomic mass is 10.0. The Bertz CT molecular complexity index is 367. The topological polar surface area (TPSA) is 12.5 Å². The van der Waals surface area contributed by atoms with Crippen molar-refractivity contribution >= 4 is 0 Å². The van der Waals surface area contributed by atoms with Crippen LogP contribution in [-0.4, -0.2) is 24.6 Å². The van der Waals surface area contributed by atoms with Gasteiger partial charge >= 0.3 is 0 Å². The summed E-state index contributed by atoms with van der Waals surface area (Å²) in [6, 6.07) is 0. The largest absolute Gasteiger partial charge is 0.498 e. The Morgan fingerprint density at radius 3 is 3.00 bits per heavy atom. The molecule has 2 rings (SSSR count). The lowest BCUT2D eigenvalue weighted by Crippen LogP contribution is -2.23. The monoisotopic (exact) mass is 247 g/mol. The van der Waals surface area contributed by atoms with E-state index in [0.717, 1.165) is 19.7 Å². The first-order valence-electron chi connectivity index (χ1n) is 7.25. The lowest BCUT2D eigenvalue weighted by molar-refractivity contribution is 0.203. The van der Waals surface area contributed by atoms with Crippen molar-refractivity contribution in [3.63, 3.8) is 0 Å². The summed E-state index contributed by atoms with van der Waals surface area (Å²) in [7, 11) is 0. The summed E-state index contributed by atoms with van der Waals surface area (Å²) in [6.45, 7) is 11.0. The first kappa shape index (κ1) is 13.3. The van der Waals surface area contributed by atoms with E-state index >= 15 is 0 Å². The van der Waals surface area contributed by atoms with Crippen LogP contribution in [0.15, 0.2) is 35.8 Å². The zero-order chi connectivity index (χ0) is 13.0. The molecule has 0 unspecified atom stereocenters. The highest BCUT2D eigenvalue weighted by Gasteiger charge is 2.34. The van der Waals surface area contributed by atoms with Crippen molar-refractivity contribution in [2.45, 2.75) is 39.5 Å². The Morgan fingerprint density at radius 2 is 2.33 bits per heavy atom. The average molecular weight is 247 g/mol. The standard InChI is InChI=1S/C16H25NO/c1-4-10-17(11-5-2)15-12-16(18-6-3)14-9-7-8-13(14)15/h4,12,14H,1,5-11H2,2-3H3/t14-/m1/s1. The maximum atomic E-state index is 5.82. The minimum Gasteiger partial charge on any atom is -0.498 e. The molecule has 2 aliphatic carbocycles. The summed E-state index contributed by atoms with van der Waals surface area (Å²) in [5, 5.41) is 0. The molecule has 2 nitrogen and oxygen atoms in total. The fourth-order valence-corrected chi connectivity index (χ4v) is 3.13. The van der Waals surface area contributed by atoms with Crippen molar-refractivity contribution in [3.05, 3.63) is 35.8 Å². The second-order valence-corrected chi connectivity index (χ2v) is 5.07. The van der Waals surface area contributed by atoms with E-state index in [4.69, 9.17) is 4.74 Å². The van der Waals surface area contributed by atoms with E-state index in [0.29, 0.717) is 5.92 Å². The number of fused-ring (bicyclic) bond motifs is 1. The van der Waals surface area contributed by atoms with Gasteiger partial charge in [-0.3, -0.25) is 0 Å². The molecule has 0 bridgehead atoms. The summed E-state index contributed by atoms with van der Waals surface area (Å²) in [4.78, 5) is 2.45. The number of hydrogen-bond acceptors (Lipinski definition) is 2. The minimum absolute atomic E-state index is 0.573. The molecule has 0 N–H and O–H groups in total. The van der Waals surface area contributed by atoms with Gasteiger partial charge in [0.15, 0.2) is 0 Å². The van der Waals surface area contributed by atoms with Gasteiger partial charge in [0, 0.05) is 24.7 Å². The Labute approximate surface area is 111 Å². The Hall–Kier alpha value is -1.18. The van der Waals surface area contributed by atoms with Gasteiger partial charge in [-0.25, -0.2) is 0 Å². The molecule has 0 aromatic carbocycles. The predicted molar refractivity (Wildman–Crippen MR) is 76.1 cm³/mol. The summed E-state index contributed by atoms with van der Waals surface area (Å²) in [5.41, 5.74) is 3.02. The first-order chi connectivity index (χ1) is 8.81. The Kier molecular flexibility index (Phi) is 4.51. The van der Waals surface area contributed by atoms with Crippen LogP contribution < -0.4 is 0 Å². The molecule has 0 heterocycles. The van der Waals surface area contributed by atoms with Crippen LogP contribution in [0.25, 0.3) is 0 Å². The fraction of sp³-hybridized carbons (Fsp3) is 0.625. The second-order valence-electron chi connectivity index (χ2n) is 5.07. The quantitative estimate of drug-likeness (QED) is 0.633. The highest BCUT2D eigenvalue weighted by molar-refractivity contribution is 5.41. The number of allylic oxidation sites excluding steroid dienone is 2. The van der Waals surface area contributed by atoms with E-state index in [-0.39, 0.29) is 0 Å². The van der Waals surface area contributed by atoms with Crippen LogP contribution in [0, 0.1) is 5.92 Å². The number of nitrogens with zero attached hydrogens (tertiary/aromatic N) is 1. The highest BCUT2D eigenvalue weighted by Crippen LogP contribution is 2.44. The van der Waals surface area contributed by atoms with Crippen LogP contribution in [0.1, 0.15) is 39.5 Å². The van der Waals surface area contributed by atoms with Gasteiger partial charge in [-0.05, 0) is 44.3 Å². The average Bonchev–Trinajstić information content (AvgIpc) is 2.93. The molecule has 0 saturated heterocycles. The van der Waals surface area contributed by atoms with Crippen molar-refractivity contribution in [1.29, 1.82) is 0 Å². The van der Waals surface area contributed by atoms with E-state index < -0.39 is 0 Å². The molecule has 18 heavy (non-hydrogen) atoms. The van der Waals surface area contributed by atoms with E-state index in [9.17, 15) is 0 Å².